The van der Waals surface area contributed by atoms with Gasteiger partial charge in [-0.05, 0) is 122 Å². The molecule has 56 heavy (non-hydrogen) atoms. The number of hydrogen-bond donors (Lipinski definition) is 1. The monoisotopic (exact) mass is 792 g/mol. The number of benzene rings is 4. The lowest BCUT2D eigenvalue weighted by Crippen LogP contribution is -2.32. The van der Waals surface area contributed by atoms with E-state index in [1.165, 1.54) is 54.1 Å². The molecule has 12 heteroatoms. The number of Topliss-reactive ketones (excluding diaryl/α,β-unsaturated/α-hetero) is 1. The molecule has 4 aromatic carbocycles. The molecule has 6 rings (SSSR count). The van der Waals surface area contributed by atoms with E-state index in [4.69, 9.17) is 9.47 Å². The highest BCUT2D eigenvalue weighted by Crippen LogP contribution is 2.36. The Balaban J connectivity index is 1.17. The van der Waals surface area contributed by atoms with Crippen LogP contribution in [0.1, 0.15) is 94.1 Å². The minimum Gasteiger partial charge on any atom is -0.465 e. The van der Waals surface area contributed by atoms with Gasteiger partial charge in [0.1, 0.15) is 0 Å². The molecule has 0 unspecified atom stereocenters. The molecule has 1 heterocycles. The number of methoxy groups -OCH3 is 2. The summed E-state index contributed by atoms with van der Waals surface area (Å²) in [6, 6.07) is 27.2. The third-order valence-corrected chi connectivity index (χ3v) is 12.9. The van der Waals surface area contributed by atoms with E-state index >= 15 is 0 Å². The highest BCUT2D eigenvalue weighted by Gasteiger charge is 2.29. The Morgan fingerprint density at radius 3 is 1.95 bits per heavy atom. The molecule has 290 valence electrons. The highest BCUT2D eigenvalue weighted by atomic mass is 32.2. The van der Waals surface area contributed by atoms with E-state index in [1.807, 2.05) is 43.3 Å². The zero-order valence-corrected chi connectivity index (χ0v) is 33.3. The van der Waals surface area contributed by atoms with Gasteiger partial charge in [0.25, 0.3) is 15.9 Å². The maximum Gasteiger partial charge on any atom is 0.337 e. The fraction of sp³-hybridized carbons (Fsp3) is 0.273. The maximum absolute atomic E-state index is 14.0. The Bertz CT molecular complexity index is 2330. The number of ketones is 1. The van der Waals surface area contributed by atoms with Crippen LogP contribution in [0.2, 0.25) is 0 Å². The van der Waals surface area contributed by atoms with Crippen LogP contribution in [0, 0.1) is 0 Å². The van der Waals surface area contributed by atoms with Gasteiger partial charge in [0.2, 0.25) is 0 Å². The Kier molecular flexibility index (Phi) is 12.8. The van der Waals surface area contributed by atoms with E-state index in [0.29, 0.717) is 39.4 Å². The first-order valence-electron chi connectivity index (χ1n) is 18.6. The van der Waals surface area contributed by atoms with Gasteiger partial charge in [0.15, 0.2) is 5.78 Å². The van der Waals surface area contributed by atoms with Gasteiger partial charge >= 0.3 is 11.9 Å². The number of anilines is 2. The minimum absolute atomic E-state index is 0.0304. The van der Waals surface area contributed by atoms with Crippen LogP contribution >= 0.6 is 11.3 Å². The summed E-state index contributed by atoms with van der Waals surface area (Å²) in [5.74, 6) is -1.45. The van der Waals surface area contributed by atoms with Gasteiger partial charge in [-0.2, -0.15) is 0 Å². The summed E-state index contributed by atoms with van der Waals surface area (Å²) in [6.07, 6.45) is 5.61. The topological polar surface area (TPSA) is 136 Å². The number of amides is 1. The van der Waals surface area contributed by atoms with Crippen LogP contribution in [0.15, 0.2) is 102 Å². The van der Waals surface area contributed by atoms with Crippen molar-refractivity contribution < 1.29 is 37.1 Å². The number of ether oxygens (including phenoxy) is 2. The number of nitrogens with one attached hydrogen (secondary N) is 1. The lowest BCUT2D eigenvalue weighted by atomic mass is 9.93. The Labute approximate surface area is 331 Å². The number of rotatable bonds is 15. The van der Waals surface area contributed by atoms with Gasteiger partial charge in [-0.25, -0.2) is 18.0 Å². The third kappa shape index (κ3) is 9.09. The number of fused-ring (bicyclic) bond motifs is 1. The molecule has 0 fully saturated rings. The van der Waals surface area contributed by atoms with Crippen LogP contribution in [0.4, 0.5) is 11.4 Å². The van der Waals surface area contributed by atoms with E-state index in [9.17, 15) is 27.6 Å². The molecular formula is C44H44N2O8S2. The van der Waals surface area contributed by atoms with Crippen molar-refractivity contribution in [2.45, 2.75) is 63.2 Å². The van der Waals surface area contributed by atoms with Gasteiger partial charge in [0, 0.05) is 34.0 Å². The molecule has 10 nitrogen and oxygen atoms in total. The van der Waals surface area contributed by atoms with Gasteiger partial charge in [-0.3, -0.25) is 13.9 Å². The average Bonchev–Trinajstić information content (AvgIpc) is 3.60. The molecule has 0 aliphatic heterocycles. The molecule has 0 atom stereocenters. The minimum atomic E-state index is -4.08. The van der Waals surface area contributed by atoms with Crippen LogP contribution in [-0.2, 0) is 51.6 Å². The SMILES string of the molecule is CCCN(c1ccc(C(=O)OC)cc1)S(=O)(=O)c1cccc(C(=O)Cc2sc3c(c2C(=O)Nc2ccc(CCc4ccc(C(=O)OC)cc4)cc2)CCCC3)c1. The number of aryl methyl sites for hydroxylation is 3. The second-order valence-electron chi connectivity index (χ2n) is 13.6. The maximum atomic E-state index is 14.0. The second-order valence-corrected chi connectivity index (χ2v) is 16.6. The molecule has 0 bridgehead atoms. The molecule has 0 saturated heterocycles. The molecule has 5 aromatic rings. The summed E-state index contributed by atoms with van der Waals surface area (Å²) >= 11 is 1.49. The van der Waals surface area contributed by atoms with Crippen molar-refractivity contribution in [2.75, 3.05) is 30.4 Å². The Morgan fingerprint density at radius 1 is 0.750 bits per heavy atom. The van der Waals surface area contributed by atoms with Crippen molar-refractivity contribution in [3.63, 3.8) is 0 Å². The van der Waals surface area contributed by atoms with Crippen molar-refractivity contribution >= 4 is 56.4 Å². The lowest BCUT2D eigenvalue weighted by Gasteiger charge is -2.24. The van der Waals surface area contributed by atoms with Gasteiger partial charge < -0.3 is 14.8 Å². The number of nitrogens with zero attached hydrogens (tertiary/aromatic N) is 1. The molecule has 1 amide bonds. The fourth-order valence-electron chi connectivity index (χ4n) is 6.85. The highest BCUT2D eigenvalue weighted by molar-refractivity contribution is 7.92. The first-order valence-corrected chi connectivity index (χ1v) is 20.8. The summed E-state index contributed by atoms with van der Waals surface area (Å²) in [5.41, 5.74) is 5.77. The molecular weight excluding hydrogens is 749 g/mol. The quantitative estimate of drug-likeness (QED) is 0.0827. The van der Waals surface area contributed by atoms with Gasteiger partial charge in [0.05, 0.1) is 41.5 Å². The molecule has 0 radical (unpaired) electrons. The van der Waals surface area contributed by atoms with E-state index < -0.39 is 16.0 Å². The predicted molar refractivity (Wildman–Crippen MR) is 218 cm³/mol. The summed E-state index contributed by atoms with van der Waals surface area (Å²) in [7, 11) is -1.44. The van der Waals surface area contributed by atoms with Crippen molar-refractivity contribution in [1.82, 2.24) is 0 Å². The van der Waals surface area contributed by atoms with E-state index in [2.05, 4.69) is 5.32 Å². The molecule has 1 N–H and O–H groups in total. The summed E-state index contributed by atoms with van der Waals surface area (Å²) in [6.45, 7) is 2.06. The van der Waals surface area contributed by atoms with E-state index in [1.54, 1.807) is 36.4 Å². The smallest absolute Gasteiger partial charge is 0.337 e. The number of carbonyl (C=O) groups excluding carboxylic acids is 4. The van der Waals surface area contributed by atoms with Gasteiger partial charge in [-0.1, -0.05) is 43.3 Å². The molecule has 1 aromatic heterocycles. The lowest BCUT2D eigenvalue weighted by molar-refractivity contribution is 0.0592. The van der Waals surface area contributed by atoms with Crippen molar-refractivity contribution in [2.24, 2.45) is 0 Å². The first-order chi connectivity index (χ1) is 27.0. The van der Waals surface area contributed by atoms with E-state index in [-0.39, 0.29) is 41.1 Å². The van der Waals surface area contributed by atoms with Crippen LogP contribution < -0.4 is 9.62 Å². The number of carbonyl (C=O) groups is 4. The third-order valence-electron chi connectivity index (χ3n) is 9.83. The molecule has 1 aliphatic rings. The zero-order valence-electron chi connectivity index (χ0n) is 31.6. The van der Waals surface area contributed by atoms with Crippen molar-refractivity contribution in [1.29, 1.82) is 0 Å². The number of esters is 2. The van der Waals surface area contributed by atoms with Crippen LogP contribution in [0.25, 0.3) is 0 Å². The van der Waals surface area contributed by atoms with Crippen LogP contribution in [-0.4, -0.2) is 52.8 Å². The number of hydrogen-bond acceptors (Lipinski definition) is 9. The predicted octanol–water partition coefficient (Wildman–Crippen LogP) is 8.27. The van der Waals surface area contributed by atoms with E-state index in [0.717, 1.165) is 60.1 Å². The standard InChI is InChI=1S/C44H44N2O8S2/c1-4-26-46(35-24-20-32(21-25-35)44(50)54-3)56(51,52)36-9-7-8-33(27-36)38(47)28-40-41(37-10-5-6-11-39(37)55-40)42(48)45-34-22-16-30(17-23-34)13-12-29-14-18-31(19-15-29)43(49)53-2/h7-9,14-25,27H,4-6,10-13,26,28H2,1-3H3,(H,45,48). The second kappa shape index (κ2) is 17.9. The Morgan fingerprint density at radius 2 is 1.34 bits per heavy atom. The normalized spacial score (nSPS) is 12.3. The average molecular weight is 793 g/mol. The molecule has 0 spiro atoms. The van der Waals surface area contributed by atoms with Crippen LogP contribution in [0.3, 0.4) is 0 Å². The van der Waals surface area contributed by atoms with Crippen molar-refractivity contribution in [3.8, 4) is 0 Å². The summed E-state index contributed by atoms with van der Waals surface area (Å²) in [4.78, 5) is 53.3. The number of thiophene rings is 1. The van der Waals surface area contributed by atoms with Crippen LogP contribution in [0.5, 0.6) is 0 Å². The first kappa shape index (κ1) is 40.1. The van der Waals surface area contributed by atoms with Gasteiger partial charge in [-0.15, -0.1) is 11.3 Å². The molecule has 1 aliphatic carbocycles. The van der Waals surface area contributed by atoms with Crippen molar-refractivity contribution in [3.05, 3.63) is 146 Å². The zero-order chi connectivity index (χ0) is 39.8. The fourth-order valence-corrected chi connectivity index (χ4v) is 9.85. The molecule has 0 saturated carbocycles. The summed E-state index contributed by atoms with van der Waals surface area (Å²) < 4.78 is 38.8. The summed E-state index contributed by atoms with van der Waals surface area (Å²) in [5, 5.41) is 3.06. The Hall–Kier alpha value is -5.59. The largest absolute Gasteiger partial charge is 0.465 e. The number of sulfonamides is 1.